The Hall–Kier alpha value is -0.890. The molecule has 0 aromatic carbocycles. The van der Waals surface area contributed by atoms with Gasteiger partial charge in [0.25, 0.3) is 0 Å². The van der Waals surface area contributed by atoms with Crippen LogP contribution in [0.2, 0.25) is 0 Å². The summed E-state index contributed by atoms with van der Waals surface area (Å²) in [6.07, 6.45) is 4.31. The maximum absolute atomic E-state index is 10.1. The smallest absolute Gasteiger partial charge is 0.107 e. The van der Waals surface area contributed by atoms with Crippen LogP contribution < -0.4 is 0 Å². The first-order valence-corrected chi connectivity index (χ1v) is 4.43. The highest BCUT2D eigenvalue weighted by Gasteiger charge is 2.35. The van der Waals surface area contributed by atoms with Crippen LogP contribution >= 0.6 is 0 Å². The fraction of sp³-hybridized carbons (Fsp3) is 0.500. The molecular formula is C10H13NO. The number of rotatable bonds is 1. The van der Waals surface area contributed by atoms with E-state index in [2.05, 4.69) is 11.1 Å². The standard InChI is InChI=1S/C10H13NO/c1-2-10(12)6-5-8-4-3-7-11-9(8)10/h3-4,7,12H,2,5-6H2,1H3/t10-/m1/s1. The van der Waals surface area contributed by atoms with E-state index >= 15 is 0 Å². The zero-order chi connectivity index (χ0) is 8.60. The van der Waals surface area contributed by atoms with Gasteiger partial charge in [0.05, 0.1) is 5.69 Å². The molecule has 0 unspecified atom stereocenters. The van der Waals surface area contributed by atoms with Crippen molar-refractivity contribution in [2.45, 2.75) is 31.8 Å². The summed E-state index contributed by atoms with van der Waals surface area (Å²) in [5.74, 6) is 0. The Bertz CT molecular complexity index is 298. The highest BCUT2D eigenvalue weighted by molar-refractivity contribution is 5.30. The van der Waals surface area contributed by atoms with E-state index < -0.39 is 5.60 Å². The average molecular weight is 163 g/mol. The van der Waals surface area contributed by atoms with Crippen LogP contribution in [0.4, 0.5) is 0 Å². The molecule has 0 bridgehead atoms. The molecule has 0 radical (unpaired) electrons. The van der Waals surface area contributed by atoms with Gasteiger partial charge < -0.3 is 5.11 Å². The molecule has 1 N–H and O–H groups in total. The van der Waals surface area contributed by atoms with E-state index in [0.29, 0.717) is 0 Å². The second-order valence-electron chi connectivity index (χ2n) is 3.40. The van der Waals surface area contributed by atoms with Gasteiger partial charge in [-0.15, -0.1) is 0 Å². The van der Waals surface area contributed by atoms with Gasteiger partial charge in [-0.05, 0) is 30.9 Å². The van der Waals surface area contributed by atoms with Crippen molar-refractivity contribution in [2.24, 2.45) is 0 Å². The van der Waals surface area contributed by atoms with Crippen molar-refractivity contribution < 1.29 is 5.11 Å². The van der Waals surface area contributed by atoms with Crippen molar-refractivity contribution in [3.63, 3.8) is 0 Å². The third-order valence-corrected chi connectivity index (χ3v) is 2.72. The van der Waals surface area contributed by atoms with Crippen molar-refractivity contribution in [1.82, 2.24) is 4.98 Å². The van der Waals surface area contributed by atoms with Crippen LogP contribution in [0.15, 0.2) is 18.3 Å². The van der Waals surface area contributed by atoms with Crippen LogP contribution in [0.5, 0.6) is 0 Å². The van der Waals surface area contributed by atoms with Crippen molar-refractivity contribution in [3.8, 4) is 0 Å². The molecular weight excluding hydrogens is 150 g/mol. The summed E-state index contributed by atoms with van der Waals surface area (Å²) >= 11 is 0. The first-order chi connectivity index (χ1) is 5.76. The lowest BCUT2D eigenvalue weighted by molar-refractivity contribution is 0.0306. The Labute approximate surface area is 72.3 Å². The fourth-order valence-electron chi connectivity index (χ4n) is 1.86. The molecule has 2 nitrogen and oxygen atoms in total. The summed E-state index contributed by atoms with van der Waals surface area (Å²) in [6.45, 7) is 2.00. The first kappa shape index (κ1) is 7.74. The van der Waals surface area contributed by atoms with Gasteiger partial charge in [0.2, 0.25) is 0 Å². The summed E-state index contributed by atoms with van der Waals surface area (Å²) in [5, 5.41) is 10.1. The molecule has 0 saturated heterocycles. The molecule has 0 fully saturated rings. The number of fused-ring (bicyclic) bond motifs is 1. The molecule has 2 rings (SSSR count). The molecule has 12 heavy (non-hydrogen) atoms. The molecule has 1 aliphatic rings. The summed E-state index contributed by atoms with van der Waals surface area (Å²) in [7, 11) is 0. The van der Waals surface area contributed by atoms with Crippen LogP contribution in [0.1, 0.15) is 31.0 Å². The quantitative estimate of drug-likeness (QED) is 0.682. The zero-order valence-electron chi connectivity index (χ0n) is 7.25. The van der Waals surface area contributed by atoms with Gasteiger partial charge in [-0.2, -0.15) is 0 Å². The normalized spacial score (nSPS) is 27.2. The third kappa shape index (κ3) is 0.950. The predicted octanol–water partition coefficient (Wildman–Crippen LogP) is 1.63. The van der Waals surface area contributed by atoms with Gasteiger partial charge in [-0.25, -0.2) is 0 Å². The number of hydrogen-bond acceptors (Lipinski definition) is 2. The molecule has 1 atom stereocenters. The van der Waals surface area contributed by atoms with Crippen LogP contribution in [0.25, 0.3) is 0 Å². The Balaban J connectivity index is 2.49. The summed E-state index contributed by atoms with van der Waals surface area (Å²) < 4.78 is 0. The summed E-state index contributed by atoms with van der Waals surface area (Å²) in [5.41, 5.74) is 1.46. The van der Waals surface area contributed by atoms with E-state index in [9.17, 15) is 5.11 Å². The van der Waals surface area contributed by atoms with Crippen molar-refractivity contribution in [2.75, 3.05) is 0 Å². The largest absolute Gasteiger partial charge is 0.384 e. The Morgan fingerprint density at radius 1 is 1.67 bits per heavy atom. The van der Waals surface area contributed by atoms with Crippen molar-refractivity contribution >= 4 is 0 Å². The summed E-state index contributed by atoms with van der Waals surface area (Å²) in [4.78, 5) is 4.23. The van der Waals surface area contributed by atoms with E-state index in [1.165, 1.54) is 5.56 Å². The monoisotopic (exact) mass is 163 g/mol. The van der Waals surface area contributed by atoms with E-state index in [0.717, 1.165) is 25.0 Å². The van der Waals surface area contributed by atoms with Gasteiger partial charge in [-0.1, -0.05) is 13.0 Å². The van der Waals surface area contributed by atoms with Gasteiger partial charge in [0.1, 0.15) is 5.60 Å². The minimum atomic E-state index is -0.642. The molecule has 1 heterocycles. The Morgan fingerprint density at radius 3 is 3.25 bits per heavy atom. The van der Waals surface area contributed by atoms with E-state index in [1.807, 2.05) is 13.0 Å². The van der Waals surface area contributed by atoms with Crippen LogP contribution in [-0.4, -0.2) is 10.1 Å². The third-order valence-electron chi connectivity index (χ3n) is 2.72. The number of nitrogens with zero attached hydrogens (tertiary/aromatic N) is 1. The molecule has 0 aliphatic heterocycles. The van der Waals surface area contributed by atoms with Crippen LogP contribution in [0, 0.1) is 0 Å². The highest BCUT2D eigenvalue weighted by atomic mass is 16.3. The molecule has 64 valence electrons. The van der Waals surface area contributed by atoms with Gasteiger partial charge in [-0.3, -0.25) is 4.98 Å². The lowest BCUT2D eigenvalue weighted by atomic mass is 9.98. The molecule has 0 spiro atoms. The molecule has 1 aromatic heterocycles. The first-order valence-electron chi connectivity index (χ1n) is 4.43. The van der Waals surface area contributed by atoms with Crippen LogP contribution in [0.3, 0.4) is 0 Å². The van der Waals surface area contributed by atoms with Crippen molar-refractivity contribution in [1.29, 1.82) is 0 Å². The maximum atomic E-state index is 10.1. The average Bonchev–Trinajstić information content (AvgIpc) is 2.46. The Morgan fingerprint density at radius 2 is 2.50 bits per heavy atom. The van der Waals surface area contributed by atoms with Crippen LogP contribution in [-0.2, 0) is 12.0 Å². The molecule has 1 aromatic rings. The van der Waals surface area contributed by atoms with E-state index in [4.69, 9.17) is 0 Å². The highest BCUT2D eigenvalue weighted by Crippen LogP contribution is 2.37. The lowest BCUT2D eigenvalue weighted by Gasteiger charge is -2.20. The number of aromatic nitrogens is 1. The van der Waals surface area contributed by atoms with Crippen molar-refractivity contribution in [3.05, 3.63) is 29.6 Å². The topological polar surface area (TPSA) is 33.1 Å². The lowest BCUT2D eigenvalue weighted by Crippen LogP contribution is -2.21. The number of hydrogen-bond donors (Lipinski definition) is 1. The zero-order valence-corrected chi connectivity index (χ0v) is 7.25. The second kappa shape index (κ2) is 2.56. The molecule has 2 heteroatoms. The van der Waals surface area contributed by atoms with E-state index in [1.54, 1.807) is 6.20 Å². The minimum absolute atomic E-state index is 0.642. The number of aliphatic hydroxyl groups is 1. The number of pyridine rings is 1. The van der Waals surface area contributed by atoms with E-state index in [-0.39, 0.29) is 0 Å². The Kier molecular flexibility index (Phi) is 1.65. The molecule has 0 saturated carbocycles. The second-order valence-corrected chi connectivity index (χ2v) is 3.40. The maximum Gasteiger partial charge on any atom is 0.107 e. The SMILES string of the molecule is CC[C@@]1(O)CCc2cccnc21. The summed E-state index contributed by atoms with van der Waals surface area (Å²) in [6, 6.07) is 3.98. The van der Waals surface area contributed by atoms with Gasteiger partial charge in [0.15, 0.2) is 0 Å². The molecule has 1 aliphatic carbocycles. The minimum Gasteiger partial charge on any atom is -0.384 e. The fourth-order valence-corrected chi connectivity index (χ4v) is 1.86. The van der Waals surface area contributed by atoms with Gasteiger partial charge >= 0.3 is 0 Å². The van der Waals surface area contributed by atoms with Gasteiger partial charge in [0, 0.05) is 6.20 Å². The molecule has 0 amide bonds. The predicted molar refractivity (Wildman–Crippen MR) is 46.7 cm³/mol. The number of aryl methyl sites for hydroxylation is 1.